The second-order valence-electron chi connectivity index (χ2n) is 9.13. The van der Waals surface area contributed by atoms with Crippen LogP contribution in [0, 0.1) is 11.6 Å². The van der Waals surface area contributed by atoms with E-state index in [4.69, 9.17) is 4.74 Å². The van der Waals surface area contributed by atoms with Crippen molar-refractivity contribution in [3.63, 3.8) is 0 Å². The van der Waals surface area contributed by atoms with E-state index < -0.39 is 29.5 Å². The van der Waals surface area contributed by atoms with Crippen LogP contribution in [0.1, 0.15) is 30.5 Å². The summed E-state index contributed by atoms with van der Waals surface area (Å²) in [6, 6.07) is 21.4. The molecule has 1 heterocycles. The van der Waals surface area contributed by atoms with Crippen molar-refractivity contribution in [2.45, 2.75) is 31.7 Å². The molecule has 0 bridgehead atoms. The first-order valence-corrected chi connectivity index (χ1v) is 12.0. The van der Waals surface area contributed by atoms with E-state index in [9.17, 15) is 22.0 Å². The van der Waals surface area contributed by atoms with Gasteiger partial charge in [-0.3, -0.25) is 0 Å². The molecule has 0 saturated carbocycles. The van der Waals surface area contributed by atoms with Crippen molar-refractivity contribution in [2.75, 3.05) is 18.0 Å². The fourth-order valence-electron chi connectivity index (χ4n) is 4.83. The molecule has 0 amide bonds. The molecular weight excluding hydrogens is 487 g/mol. The number of para-hydroxylation sites is 1. The molecule has 4 aromatic carbocycles. The number of hydrogen-bond acceptors (Lipinski definition) is 3. The molecule has 1 aliphatic heterocycles. The number of rotatable bonds is 6. The van der Waals surface area contributed by atoms with E-state index in [0.717, 1.165) is 22.4 Å². The Hall–Kier alpha value is -3.65. The fourth-order valence-corrected chi connectivity index (χ4v) is 4.83. The Kier molecular flexibility index (Phi) is 6.77. The summed E-state index contributed by atoms with van der Waals surface area (Å²) in [6.07, 6.45) is -4.77. The molecule has 192 valence electrons. The summed E-state index contributed by atoms with van der Waals surface area (Å²) in [5, 5.41) is 5.79. The van der Waals surface area contributed by atoms with E-state index in [0.29, 0.717) is 24.7 Å². The van der Waals surface area contributed by atoms with Crippen LogP contribution in [0.4, 0.5) is 33.3 Å². The van der Waals surface area contributed by atoms with Crippen LogP contribution in [-0.2, 0) is 6.18 Å². The first kappa shape index (κ1) is 25.0. The van der Waals surface area contributed by atoms with Crippen molar-refractivity contribution in [1.29, 1.82) is 0 Å². The molecule has 4 aromatic rings. The Labute approximate surface area is 211 Å². The van der Waals surface area contributed by atoms with Gasteiger partial charge >= 0.3 is 6.18 Å². The van der Waals surface area contributed by atoms with Gasteiger partial charge in [-0.05, 0) is 66.6 Å². The third kappa shape index (κ3) is 5.11. The second kappa shape index (κ2) is 10.0. The minimum Gasteiger partial charge on any atom is -0.483 e. The van der Waals surface area contributed by atoms with E-state index in [2.05, 4.69) is 36.5 Å². The average Bonchev–Trinajstić information content (AvgIpc) is 2.87. The summed E-state index contributed by atoms with van der Waals surface area (Å²) < 4.78 is 74.1. The minimum absolute atomic E-state index is 0.00107. The van der Waals surface area contributed by atoms with E-state index >= 15 is 0 Å². The lowest BCUT2D eigenvalue weighted by molar-refractivity contribution is -0.139. The maximum Gasteiger partial charge on any atom is 0.419 e. The van der Waals surface area contributed by atoms with Gasteiger partial charge in [0.15, 0.2) is 11.6 Å². The largest absolute Gasteiger partial charge is 0.483 e. The van der Waals surface area contributed by atoms with Crippen LogP contribution in [0.3, 0.4) is 0 Å². The van der Waals surface area contributed by atoms with Crippen molar-refractivity contribution in [1.82, 2.24) is 5.32 Å². The maximum absolute atomic E-state index is 14.7. The SMILES string of the molecule is CC(NCCC1CN(c2ccc(C(F)(F)F)c(F)c2)c2cccc(F)c2O1)c1cccc2ccccc12. The quantitative estimate of drug-likeness (QED) is 0.267. The smallest absolute Gasteiger partial charge is 0.419 e. The highest BCUT2D eigenvalue weighted by atomic mass is 19.4. The minimum atomic E-state index is -4.80. The fraction of sp³-hybridized carbons (Fsp3) is 0.241. The highest BCUT2D eigenvalue weighted by Gasteiger charge is 2.35. The molecular formula is C29H25F5N2O. The Morgan fingerprint density at radius 3 is 2.49 bits per heavy atom. The van der Waals surface area contributed by atoms with Gasteiger partial charge in [-0.1, -0.05) is 48.5 Å². The van der Waals surface area contributed by atoms with Crippen molar-refractivity contribution in [3.05, 3.63) is 102 Å². The van der Waals surface area contributed by atoms with E-state index in [1.54, 1.807) is 11.0 Å². The second-order valence-corrected chi connectivity index (χ2v) is 9.13. The van der Waals surface area contributed by atoms with Gasteiger partial charge in [-0.2, -0.15) is 13.2 Å². The van der Waals surface area contributed by atoms with Crippen molar-refractivity contribution < 1.29 is 26.7 Å². The van der Waals surface area contributed by atoms with Crippen LogP contribution in [0.25, 0.3) is 10.8 Å². The standard InChI is InChI=1S/C29H25F5N2O/c1-18(22-9-4-7-19-6-2-3-8-23(19)22)35-15-14-21-17-36(27-11-5-10-25(30)28(27)37-21)20-12-13-24(26(31)16-20)29(32,33)34/h2-13,16,18,21,35H,14-15,17H2,1H3. The number of nitrogens with one attached hydrogen (secondary N) is 1. The molecule has 2 unspecified atom stereocenters. The predicted molar refractivity (Wildman–Crippen MR) is 134 cm³/mol. The molecule has 8 heteroatoms. The van der Waals surface area contributed by atoms with Crippen LogP contribution >= 0.6 is 0 Å². The lowest BCUT2D eigenvalue weighted by Crippen LogP contribution is -2.39. The maximum atomic E-state index is 14.7. The van der Waals surface area contributed by atoms with E-state index in [1.165, 1.54) is 18.2 Å². The zero-order valence-electron chi connectivity index (χ0n) is 20.0. The molecule has 0 radical (unpaired) electrons. The Bertz CT molecular complexity index is 1420. The normalized spacial score (nSPS) is 16.4. The number of anilines is 2. The van der Waals surface area contributed by atoms with Crippen LogP contribution < -0.4 is 15.0 Å². The van der Waals surface area contributed by atoms with Crippen LogP contribution in [0.15, 0.2) is 78.9 Å². The van der Waals surface area contributed by atoms with Gasteiger partial charge in [-0.15, -0.1) is 0 Å². The van der Waals surface area contributed by atoms with Crippen molar-refractivity contribution >= 4 is 22.1 Å². The highest BCUT2D eigenvalue weighted by Crippen LogP contribution is 2.42. The van der Waals surface area contributed by atoms with Gasteiger partial charge in [-0.25, -0.2) is 8.78 Å². The number of alkyl halides is 3. The van der Waals surface area contributed by atoms with Crippen LogP contribution in [0.5, 0.6) is 5.75 Å². The summed E-state index contributed by atoms with van der Waals surface area (Å²) >= 11 is 0. The molecule has 37 heavy (non-hydrogen) atoms. The first-order valence-electron chi connectivity index (χ1n) is 12.0. The zero-order valence-corrected chi connectivity index (χ0v) is 20.0. The Morgan fingerprint density at radius 2 is 1.70 bits per heavy atom. The number of benzene rings is 4. The lowest BCUT2D eigenvalue weighted by atomic mass is 9.99. The first-order chi connectivity index (χ1) is 17.7. The van der Waals surface area contributed by atoms with Crippen LogP contribution in [0.2, 0.25) is 0 Å². The number of halogens is 5. The summed E-state index contributed by atoms with van der Waals surface area (Å²) in [5.74, 6) is -1.96. The highest BCUT2D eigenvalue weighted by molar-refractivity contribution is 5.86. The van der Waals surface area contributed by atoms with Gasteiger partial charge in [0, 0.05) is 11.7 Å². The summed E-state index contributed by atoms with van der Waals surface area (Å²) in [5.41, 5.74) is 0.350. The van der Waals surface area contributed by atoms with Gasteiger partial charge < -0.3 is 15.0 Å². The molecule has 0 fully saturated rings. The van der Waals surface area contributed by atoms with Crippen LogP contribution in [-0.4, -0.2) is 19.2 Å². The monoisotopic (exact) mass is 512 g/mol. The molecule has 0 saturated heterocycles. The lowest BCUT2D eigenvalue weighted by Gasteiger charge is -2.37. The predicted octanol–water partition coefficient (Wildman–Crippen LogP) is 7.78. The molecule has 5 rings (SSSR count). The summed E-state index contributed by atoms with van der Waals surface area (Å²) in [6.45, 7) is 2.84. The molecule has 0 aromatic heterocycles. The average molecular weight is 513 g/mol. The van der Waals surface area contributed by atoms with E-state index in [-0.39, 0.29) is 24.0 Å². The molecule has 0 aliphatic carbocycles. The zero-order chi connectivity index (χ0) is 26.2. The number of fused-ring (bicyclic) bond motifs is 2. The summed E-state index contributed by atoms with van der Waals surface area (Å²) in [7, 11) is 0. The van der Waals surface area contributed by atoms with Gasteiger partial charge in [0.2, 0.25) is 0 Å². The molecule has 3 nitrogen and oxygen atoms in total. The number of hydrogen-bond donors (Lipinski definition) is 1. The van der Waals surface area contributed by atoms with Gasteiger partial charge in [0.05, 0.1) is 17.8 Å². The molecule has 1 aliphatic rings. The van der Waals surface area contributed by atoms with Gasteiger partial charge in [0.1, 0.15) is 11.9 Å². The number of ether oxygens (including phenoxy) is 1. The topological polar surface area (TPSA) is 24.5 Å². The third-order valence-electron chi connectivity index (χ3n) is 6.68. The molecule has 0 spiro atoms. The molecule has 1 N–H and O–H groups in total. The Morgan fingerprint density at radius 1 is 0.946 bits per heavy atom. The Balaban J connectivity index is 1.34. The van der Waals surface area contributed by atoms with Crippen molar-refractivity contribution in [2.24, 2.45) is 0 Å². The molecule has 2 atom stereocenters. The third-order valence-corrected chi connectivity index (χ3v) is 6.68. The number of nitrogens with zero attached hydrogens (tertiary/aromatic N) is 1. The van der Waals surface area contributed by atoms with Crippen molar-refractivity contribution in [3.8, 4) is 5.75 Å². The van der Waals surface area contributed by atoms with E-state index in [1.807, 2.05) is 18.2 Å². The summed E-state index contributed by atoms with van der Waals surface area (Å²) in [4.78, 5) is 1.60. The van der Waals surface area contributed by atoms with Gasteiger partial charge in [0.25, 0.3) is 0 Å².